The van der Waals surface area contributed by atoms with Crippen molar-refractivity contribution >= 4 is 15.9 Å². The van der Waals surface area contributed by atoms with Crippen LogP contribution < -0.4 is 5.32 Å². The molecule has 0 spiro atoms. The number of rotatable bonds is 6. The minimum absolute atomic E-state index is 0.0138. The maximum atomic E-state index is 13.6. The lowest BCUT2D eigenvalue weighted by Gasteiger charge is -2.32. The monoisotopic (exact) mass is 404 g/mol. The number of piperidine rings is 1. The van der Waals surface area contributed by atoms with E-state index in [1.54, 1.807) is 22.5 Å². The van der Waals surface area contributed by atoms with E-state index in [-0.39, 0.29) is 22.7 Å². The molecule has 1 heterocycles. The summed E-state index contributed by atoms with van der Waals surface area (Å²) in [6.07, 6.45) is 3.16. The van der Waals surface area contributed by atoms with E-state index < -0.39 is 10.0 Å². The first-order chi connectivity index (χ1) is 13.4. The highest BCUT2D eigenvalue weighted by atomic mass is 32.2. The van der Waals surface area contributed by atoms with Gasteiger partial charge in [-0.1, -0.05) is 24.6 Å². The second-order valence-corrected chi connectivity index (χ2v) is 8.97. The topological polar surface area (TPSA) is 66.5 Å². The Balaban J connectivity index is 1.62. The summed E-state index contributed by atoms with van der Waals surface area (Å²) in [4.78, 5) is 12.5. The number of halogens is 1. The third-order valence-electron chi connectivity index (χ3n) is 5.10. The molecule has 2 aromatic rings. The van der Waals surface area contributed by atoms with Gasteiger partial charge in [0.2, 0.25) is 10.0 Å². The summed E-state index contributed by atoms with van der Waals surface area (Å²) in [5.41, 5.74) is 0.916. The van der Waals surface area contributed by atoms with Crippen LogP contribution in [-0.2, 0) is 16.4 Å². The molecule has 3 rings (SSSR count). The van der Waals surface area contributed by atoms with Gasteiger partial charge in [-0.15, -0.1) is 0 Å². The molecular weight excluding hydrogens is 379 g/mol. The number of nitrogens with zero attached hydrogens (tertiary/aromatic N) is 1. The van der Waals surface area contributed by atoms with Crippen LogP contribution >= 0.6 is 0 Å². The molecule has 1 fully saturated rings. The predicted molar refractivity (Wildman–Crippen MR) is 106 cm³/mol. The summed E-state index contributed by atoms with van der Waals surface area (Å²) in [5, 5.41) is 2.74. The van der Waals surface area contributed by atoms with Crippen molar-refractivity contribution in [3.8, 4) is 0 Å². The highest BCUT2D eigenvalue weighted by Crippen LogP contribution is 2.25. The van der Waals surface area contributed by atoms with Gasteiger partial charge in [0.15, 0.2) is 0 Å². The van der Waals surface area contributed by atoms with Crippen molar-refractivity contribution in [3.63, 3.8) is 0 Å². The maximum Gasteiger partial charge on any atom is 0.251 e. The third-order valence-corrected chi connectivity index (χ3v) is 7.13. The number of nitrogens with one attached hydrogen (secondary N) is 1. The van der Waals surface area contributed by atoms with Gasteiger partial charge < -0.3 is 5.32 Å². The fourth-order valence-corrected chi connectivity index (χ4v) is 5.16. The Hall–Kier alpha value is -2.25. The summed E-state index contributed by atoms with van der Waals surface area (Å²) >= 11 is 0. The fraction of sp³-hybridized carbons (Fsp3) is 0.381. The highest BCUT2D eigenvalue weighted by Gasteiger charge is 2.30. The molecule has 0 aliphatic carbocycles. The molecule has 7 heteroatoms. The van der Waals surface area contributed by atoms with Crippen LogP contribution in [-0.4, -0.2) is 37.8 Å². The maximum absolute atomic E-state index is 13.6. The van der Waals surface area contributed by atoms with E-state index in [2.05, 4.69) is 5.32 Å². The van der Waals surface area contributed by atoms with Crippen molar-refractivity contribution in [1.82, 2.24) is 9.62 Å². The van der Waals surface area contributed by atoms with Gasteiger partial charge in [0.1, 0.15) is 5.82 Å². The lowest BCUT2D eigenvalue weighted by atomic mass is 10.1. The van der Waals surface area contributed by atoms with E-state index in [0.717, 1.165) is 19.3 Å². The Labute approximate surface area is 165 Å². The highest BCUT2D eigenvalue weighted by molar-refractivity contribution is 7.89. The Morgan fingerprint density at radius 1 is 1.14 bits per heavy atom. The van der Waals surface area contributed by atoms with Gasteiger partial charge in [0.05, 0.1) is 4.90 Å². The van der Waals surface area contributed by atoms with E-state index >= 15 is 0 Å². The second kappa shape index (κ2) is 8.84. The Morgan fingerprint density at radius 3 is 2.54 bits per heavy atom. The number of carbonyl (C=O) groups is 1. The first kappa shape index (κ1) is 20.5. The summed E-state index contributed by atoms with van der Waals surface area (Å²) < 4.78 is 40.8. The summed E-state index contributed by atoms with van der Waals surface area (Å²) in [6.45, 7) is 2.75. The van der Waals surface area contributed by atoms with Gasteiger partial charge in [-0.3, -0.25) is 4.79 Å². The minimum Gasteiger partial charge on any atom is -0.352 e. The number of hydrogen-bond acceptors (Lipinski definition) is 3. The van der Waals surface area contributed by atoms with Gasteiger partial charge in [-0.2, -0.15) is 4.31 Å². The van der Waals surface area contributed by atoms with Crippen LogP contribution in [0.3, 0.4) is 0 Å². The third kappa shape index (κ3) is 4.59. The van der Waals surface area contributed by atoms with Gasteiger partial charge >= 0.3 is 0 Å². The Bertz CT molecular complexity index is 929. The number of hydrogen-bond donors (Lipinski definition) is 1. The number of carbonyl (C=O) groups excluding carboxylic acids is 1. The summed E-state index contributed by atoms with van der Waals surface area (Å²) in [5.74, 6) is -0.607. The van der Waals surface area contributed by atoms with Crippen LogP contribution in [0.4, 0.5) is 4.39 Å². The first-order valence-electron chi connectivity index (χ1n) is 9.53. The summed E-state index contributed by atoms with van der Waals surface area (Å²) in [7, 11) is -3.55. The lowest BCUT2D eigenvalue weighted by molar-refractivity contribution is 0.0954. The largest absolute Gasteiger partial charge is 0.352 e. The zero-order chi connectivity index (χ0) is 20.1. The quantitative estimate of drug-likeness (QED) is 0.803. The molecule has 0 saturated carbocycles. The molecule has 0 aromatic heterocycles. The molecule has 2 aromatic carbocycles. The van der Waals surface area contributed by atoms with Crippen molar-refractivity contribution in [3.05, 3.63) is 65.5 Å². The molecule has 5 nitrogen and oxygen atoms in total. The zero-order valence-corrected chi connectivity index (χ0v) is 16.7. The van der Waals surface area contributed by atoms with Crippen molar-refractivity contribution < 1.29 is 17.6 Å². The molecule has 1 aliphatic rings. The number of amides is 1. The molecule has 0 radical (unpaired) electrons. The Morgan fingerprint density at radius 2 is 1.86 bits per heavy atom. The molecule has 1 N–H and O–H groups in total. The minimum atomic E-state index is -3.55. The van der Waals surface area contributed by atoms with Crippen LogP contribution in [0.1, 0.15) is 42.1 Å². The fourth-order valence-electron chi connectivity index (χ4n) is 3.46. The molecule has 1 aliphatic heterocycles. The smallest absolute Gasteiger partial charge is 0.251 e. The van der Waals surface area contributed by atoms with Crippen molar-refractivity contribution in [2.75, 3.05) is 13.1 Å². The molecule has 28 heavy (non-hydrogen) atoms. The average Bonchev–Trinajstić information content (AvgIpc) is 2.69. The number of benzene rings is 2. The van der Waals surface area contributed by atoms with Gasteiger partial charge in [-0.05, 0) is 62.1 Å². The van der Waals surface area contributed by atoms with E-state index in [1.807, 2.05) is 6.92 Å². The molecule has 1 saturated heterocycles. The Kier molecular flexibility index (Phi) is 6.46. The lowest BCUT2D eigenvalue weighted by Crippen LogP contribution is -2.41. The molecule has 0 bridgehead atoms. The normalized spacial score (nSPS) is 18.0. The van der Waals surface area contributed by atoms with E-state index in [0.29, 0.717) is 30.6 Å². The van der Waals surface area contributed by atoms with Crippen LogP contribution in [0.15, 0.2) is 53.4 Å². The first-order valence-corrected chi connectivity index (χ1v) is 11.0. The molecular formula is C21H25FN2O3S. The van der Waals surface area contributed by atoms with E-state index in [9.17, 15) is 17.6 Å². The van der Waals surface area contributed by atoms with Crippen LogP contribution in [0.2, 0.25) is 0 Å². The van der Waals surface area contributed by atoms with Crippen LogP contribution in [0, 0.1) is 5.82 Å². The van der Waals surface area contributed by atoms with Crippen LogP contribution in [0.25, 0.3) is 0 Å². The summed E-state index contributed by atoms with van der Waals surface area (Å²) in [6, 6.07) is 12.4. The standard InChI is InChI=1S/C21H25FN2O3S/c1-16-6-4-5-15-24(16)28(26,27)19-11-9-18(10-12-19)21(25)23-14-13-17-7-2-3-8-20(17)22/h2-3,7-12,16H,4-6,13-15H2,1H3,(H,23,25)/t16-/m1/s1. The van der Waals surface area contributed by atoms with E-state index in [4.69, 9.17) is 0 Å². The van der Waals surface area contributed by atoms with Gasteiger partial charge in [0, 0.05) is 24.7 Å². The SMILES string of the molecule is C[C@@H]1CCCCN1S(=O)(=O)c1ccc(C(=O)NCCc2ccccc2F)cc1. The van der Waals surface area contributed by atoms with Gasteiger partial charge in [0.25, 0.3) is 5.91 Å². The number of sulfonamides is 1. The van der Waals surface area contributed by atoms with Crippen molar-refractivity contribution in [1.29, 1.82) is 0 Å². The van der Waals surface area contributed by atoms with Crippen molar-refractivity contribution in [2.45, 2.75) is 43.5 Å². The van der Waals surface area contributed by atoms with Gasteiger partial charge in [-0.25, -0.2) is 12.8 Å². The molecule has 1 atom stereocenters. The molecule has 1 amide bonds. The molecule has 0 unspecified atom stereocenters. The molecule has 150 valence electrons. The van der Waals surface area contributed by atoms with E-state index in [1.165, 1.54) is 30.3 Å². The second-order valence-electron chi connectivity index (χ2n) is 7.08. The predicted octanol–water partition coefficient (Wildman–Crippen LogP) is 3.36. The van der Waals surface area contributed by atoms with Crippen molar-refractivity contribution in [2.24, 2.45) is 0 Å². The zero-order valence-electron chi connectivity index (χ0n) is 15.9. The average molecular weight is 405 g/mol. The van der Waals surface area contributed by atoms with Crippen LogP contribution in [0.5, 0.6) is 0 Å².